The van der Waals surface area contributed by atoms with E-state index in [1.807, 2.05) is 12.1 Å². The van der Waals surface area contributed by atoms with Gasteiger partial charge < -0.3 is 14.3 Å². The first kappa shape index (κ1) is 15.1. The second-order valence-electron chi connectivity index (χ2n) is 6.39. The van der Waals surface area contributed by atoms with Gasteiger partial charge in [0.1, 0.15) is 11.3 Å². The maximum absolute atomic E-state index is 5.79. The van der Waals surface area contributed by atoms with E-state index in [1.54, 1.807) is 0 Å². The van der Waals surface area contributed by atoms with Gasteiger partial charge in [-0.3, -0.25) is 0 Å². The van der Waals surface area contributed by atoms with Crippen LogP contribution in [0.3, 0.4) is 0 Å². The summed E-state index contributed by atoms with van der Waals surface area (Å²) in [7, 11) is 0. The number of para-hydroxylation sites is 1. The Hall–Kier alpha value is -1.29. The van der Waals surface area contributed by atoms with Gasteiger partial charge >= 0.3 is 0 Å². The van der Waals surface area contributed by atoms with Crippen LogP contribution in [-0.2, 0) is 6.54 Å². The fourth-order valence-corrected chi connectivity index (χ4v) is 2.45. The van der Waals surface area contributed by atoms with Gasteiger partial charge in [-0.05, 0) is 42.6 Å². The molecule has 2 rings (SSSR count). The summed E-state index contributed by atoms with van der Waals surface area (Å²) < 4.78 is 8.74. The van der Waals surface area contributed by atoms with Crippen molar-refractivity contribution >= 4 is 23.3 Å². The molecule has 4 heteroatoms. The Morgan fingerprint density at radius 2 is 2.05 bits per heavy atom. The molecule has 0 aliphatic carbocycles. The lowest BCUT2D eigenvalue weighted by atomic mass is 9.92. The molecule has 3 nitrogen and oxygen atoms in total. The van der Waals surface area contributed by atoms with Crippen LogP contribution in [0.25, 0.3) is 11.0 Å². The van der Waals surface area contributed by atoms with E-state index in [9.17, 15) is 0 Å². The number of aromatic amines is 1. The first-order valence-electron chi connectivity index (χ1n) is 7.27. The molecule has 0 aliphatic rings. The molecule has 1 aromatic heterocycles. The average molecular weight is 292 g/mol. The zero-order valence-electron chi connectivity index (χ0n) is 12.8. The van der Waals surface area contributed by atoms with Crippen LogP contribution in [-0.4, -0.2) is 16.2 Å². The maximum Gasteiger partial charge on any atom is 0.178 e. The molecule has 1 heterocycles. The number of aryl methyl sites for hydroxylation is 1. The van der Waals surface area contributed by atoms with E-state index in [-0.39, 0.29) is 0 Å². The molecule has 20 heavy (non-hydrogen) atoms. The maximum atomic E-state index is 5.79. The molecule has 0 atom stereocenters. The Bertz CT molecular complexity index is 634. The molecule has 0 aliphatic heterocycles. The first-order valence-corrected chi connectivity index (χ1v) is 7.67. The first-order chi connectivity index (χ1) is 9.42. The largest absolute Gasteiger partial charge is 0.491 e. The second-order valence-corrected chi connectivity index (χ2v) is 6.78. The molecule has 0 unspecified atom stereocenters. The molecule has 0 fully saturated rings. The smallest absolute Gasteiger partial charge is 0.178 e. The van der Waals surface area contributed by atoms with Crippen molar-refractivity contribution in [3.05, 3.63) is 23.0 Å². The van der Waals surface area contributed by atoms with Crippen molar-refractivity contribution in [3.63, 3.8) is 0 Å². The number of imidazole rings is 1. The number of aromatic nitrogens is 2. The highest BCUT2D eigenvalue weighted by Crippen LogP contribution is 2.27. The predicted molar refractivity (Wildman–Crippen MR) is 87.0 cm³/mol. The van der Waals surface area contributed by atoms with Crippen LogP contribution in [0, 0.1) is 10.2 Å². The lowest BCUT2D eigenvalue weighted by molar-refractivity contribution is 0.320. The van der Waals surface area contributed by atoms with E-state index >= 15 is 0 Å². The Kier molecular flexibility index (Phi) is 4.53. The van der Waals surface area contributed by atoms with Crippen LogP contribution in [0.2, 0.25) is 0 Å². The van der Waals surface area contributed by atoms with Crippen LogP contribution in [0.15, 0.2) is 18.2 Å². The van der Waals surface area contributed by atoms with E-state index in [0.717, 1.165) is 47.5 Å². The van der Waals surface area contributed by atoms with Crippen LogP contribution in [0.5, 0.6) is 5.75 Å². The monoisotopic (exact) mass is 292 g/mol. The molecule has 0 spiro atoms. The van der Waals surface area contributed by atoms with Crippen molar-refractivity contribution in [1.82, 2.24) is 9.55 Å². The number of fused-ring (bicyclic) bond motifs is 1. The Morgan fingerprint density at radius 1 is 1.30 bits per heavy atom. The minimum atomic E-state index is 0.300. The number of nitrogens with one attached hydrogen (secondary N) is 1. The van der Waals surface area contributed by atoms with Gasteiger partial charge in [0, 0.05) is 6.54 Å². The zero-order valence-corrected chi connectivity index (χ0v) is 13.6. The molecule has 110 valence electrons. The van der Waals surface area contributed by atoms with Crippen LogP contribution in [0.4, 0.5) is 0 Å². The topological polar surface area (TPSA) is 29.9 Å². The molecule has 2 aromatic rings. The Labute approximate surface area is 126 Å². The molecule has 0 amide bonds. The standard InChI is InChI=1S/C16H24N2OS/c1-5-11-19-13-8-6-7-12-14(13)17-15(20)18(12)10-9-16(2,3)4/h6-8H,5,9-11H2,1-4H3,(H,17,20). The SMILES string of the molecule is CCCOc1cccc2c1[nH]c(=S)n2CCC(C)(C)C. The third-order valence-corrected chi connectivity index (χ3v) is 3.64. The summed E-state index contributed by atoms with van der Waals surface area (Å²) in [4.78, 5) is 3.29. The number of nitrogens with zero attached hydrogens (tertiary/aromatic N) is 1. The number of hydrogen-bond acceptors (Lipinski definition) is 2. The van der Waals surface area contributed by atoms with Gasteiger partial charge in [-0.2, -0.15) is 0 Å². The van der Waals surface area contributed by atoms with Gasteiger partial charge in [-0.1, -0.05) is 33.8 Å². The molecule has 1 aromatic carbocycles. The van der Waals surface area contributed by atoms with Crippen molar-refractivity contribution in [1.29, 1.82) is 0 Å². The van der Waals surface area contributed by atoms with Crippen molar-refractivity contribution in [3.8, 4) is 5.75 Å². The quantitative estimate of drug-likeness (QED) is 0.792. The van der Waals surface area contributed by atoms with Crippen molar-refractivity contribution < 1.29 is 4.74 Å². The highest BCUT2D eigenvalue weighted by Gasteiger charge is 2.13. The van der Waals surface area contributed by atoms with E-state index in [2.05, 4.69) is 43.3 Å². The predicted octanol–water partition coefficient (Wildman–Crippen LogP) is 4.92. The third-order valence-electron chi connectivity index (χ3n) is 3.32. The molecule has 0 bridgehead atoms. The van der Waals surface area contributed by atoms with E-state index in [4.69, 9.17) is 17.0 Å². The van der Waals surface area contributed by atoms with E-state index in [0.29, 0.717) is 5.41 Å². The Balaban J connectivity index is 2.36. The summed E-state index contributed by atoms with van der Waals surface area (Å²) in [6.07, 6.45) is 2.09. The van der Waals surface area contributed by atoms with Gasteiger partial charge in [0.2, 0.25) is 0 Å². The lowest BCUT2D eigenvalue weighted by Crippen LogP contribution is -2.10. The normalized spacial score (nSPS) is 12.0. The number of rotatable bonds is 5. The van der Waals surface area contributed by atoms with Crippen molar-refractivity contribution in [2.75, 3.05) is 6.61 Å². The van der Waals surface area contributed by atoms with Gasteiger partial charge in [0.05, 0.1) is 12.1 Å². The number of H-pyrrole nitrogens is 1. The molecule has 0 saturated carbocycles. The summed E-state index contributed by atoms with van der Waals surface area (Å²) >= 11 is 5.47. The molecule has 0 saturated heterocycles. The van der Waals surface area contributed by atoms with Crippen LogP contribution < -0.4 is 4.74 Å². The van der Waals surface area contributed by atoms with Crippen LogP contribution >= 0.6 is 12.2 Å². The summed E-state index contributed by atoms with van der Waals surface area (Å²) in [5, 5.41) is 0. The third kappa shape index (κ3) is 3.42. The second kappa shape index (κ2) is 6.00. The number of ether oxygens (including phenoxy) is 1. The molecular weight excluding hydrogens is 268 g/mol. The summed E-state index contributed by atoms with van der Waals surface area (Å²) in [5.74, 6) is 0.893. The van der Waals surface area contributed by atoms with Gasteiger partial charge in [-0.25, -0.2) is 0 Å². The molecule has 0 radical (unpaired) electrons. The van der Waals surface area contributed by atoms with Crippen molar-refractivity contribution in [2.45, 2.75) is 47.1 Å². The van der Waals surface area contributed by atoms with Crippen molar-refractivity contribution in [2.24, 2.45) is 5.41 Å². The zero-order chi connectivity index (χ0) is 14.8. The van der Waals surface area contributed by atoms with Gasteiger partial charge in [0.15, 0.2) is 4.77 Å². The summed E-state index contributed by atoms with van der Waals surface area (Å²) in [6.45, 7) is 10.5. The summed E-state index contributed by atoms with van der Waals surface area (Å²) in [5.41, 5.74) is 2.45. The van der Waals surface area contributed by atoms with Crippen LogP contribution in [0.1, 0.15) is 40.5 Å². The molecular formula is C16H24N2OS. The fraction of sp³-hybridized carbons (Fsp3) is 0.562. The minimum absolute atomic E-state index is 0.300. The number of benzene rings is 1. The fourth-order valence-electron chi connectivity index (χ4n) is 2.16. The Morgan fingerprint density at radius 3 is 2.70 bits per heavy atom. The summed E-state index contributed by atoms with van der Waals surface area (Å²) in [6, 6.07) is 6.13. The number of hydrogen-bond donors (Lipinski definition) is 1. The average Bonchev–Trinajstić information content (AvgIpc) is 2.69. The highest BCUT2D eigenvalue weighted by molar-refractivity contribution is 7.71. The molecule has 1 N–H and O–H groups in total. The minimum Gasteiger partial charge on any atom is -0.491 e. The van der Waals surface area contributed by atoms with E-state index < -0.39 is 0 Å². The van der Waals surface area contributed by atoms with E-state index in [1.165, 1.54) is 0 Å². The highest BCUT2D eigenvalue weighted by atomic mass is 32.1. The van der Waals surface area contributed by atoms with Gasteiger partial charge in [0.25, 0.3) is 0 Å². The lowest BCUT2D eigenvalue weighted by Gasteiger charge is -2.18. The van der Waals surface area contributed by atoms with Gasteiger partial charge in [-0.15, -0.1) is 0 Å².